The van der Waals surface area contributed by atoms with Crippen LogP contribution in [0, 0.1) is 24.2 Å². The predicted molar refractivity (Wildman–Crippen MR) is 112 cm³/mol. The van der Waals surface area contributed by atoms with Crippen LogP contribution in [0.15, 0.2) is 35.3 Å². The van der Waals surface area contributed by atoms with Gasteiger partial charge in [-0.05, 0) is 37.6 Å². The molecule has 0 bridgehead atoms. The average Bonchev–Trinajstić information content (AvgIpc) is 3.28. The zero-order valence-electron chi connectivity index (χ0n) is 15.7. The number of aryl methyl sites for hydroxylation is 1. The minimum Gasteiger partial charge on any atom is -0.379 e. The summed E-state index contributed by atoms with van der Waals surface area (Å²) < 4.78 is 8.43. The highest BCUT2D eigenvalue weighted by Gasteiger charge is 2.30. The van der Waals surface area contributed by atoms with Crippen molar-refractivity contribution in [2.75, 3.05) is 18.5 Å². The Hall–Kier alpha value is -3.22. The molecule has 1 aliphatic rings. The number of aromatic amines is 1. The second-order valence-corrected chi connectivity index (χ2v) is 8.30. The van der Waals surface area contributed by atoms with Crippen LogP contribution >= 0.6 is 11.3 Å². The largest absolute Gasteiger partial charge is 0.379 e. The van der Waals surface area contributed by atoms with Gasteiger partial charge in [-0.15, -0.1) is 11.3 Å². The van der Waals surface area contributed by atoms with E-state index in [0.717, 1.165) is 20.9 Å². The van der Waals surface area contributed by atoms with E-state index in [0.29, 0.717) is 36.4 Å². The van der Waals surface area contributed by atoms with Crippen molar-refractivity contribution in [2.24, 2.45) is 5.92 Å². The first-order valence-electron chi connectivity index (χ1n) is 9.35. The number of pyridine rings is 1. The van der Waals surface area contributed by atoms with E-state index in [-0.39, 0.29) is 17.5 Å². The van der Waals surface area contributed by atoms with Crippen molar-refractivity contribution in [1.82, 2.24) is 19.7 Å². The van der Waals surface area contributed by atoms with E-state index < -0.39 is 0 Å². The van der Waals surface area contributed by atoms with Gasteiger partial charge in [-0.1, -0.05) is 0 Å². The molecule has 0 radical (unpaired) electrons. The number of nitrogens with one attached hydrogen (secondary N) is 2. The van der Waals surface area contributed by atoms with Crippen LogP contribution in [-0.2, 0) is 4.74 Å². The standard InChI is InChI=1S/C20H18N6O2S/c1-11-23-14-3-2-13(8-17(14)29-11)24-19-18-15(4-6-22-20(18)27)26(25-19)16-10-28-7-5-12(16)9-21/h2-4,6,8,12,16H,5,7,10H2,1H3,(H,22,27)(H,24,25)/t12?,16-/m0/s1. The quantitative estimate of drug-likeness (QED) is 0.539. The minimum absolute atomic E-state index is 0.212. The normalized spacial score (nSPS) is 19.4. The maximum absolute atomic E-state index is 12.6. The molecule has 1 aromatic carbocycles. The molecule has 0 saturated carbocycles. The fraction of sp³-hybridized carbons (Fsp3) is 0.300. The number of thiazole rings is 1. The van der Waals surface area contributed by atoms with Crippen LogP contribution < -0.4 is 10.9 Å². The first-order valence-corrected chi connectivity index (χ1v) is 10.2. The van der Waals surface area contributed by atoms with E-state index in [1.165, 1.54) is 0 Å². The third kappa shape index (κ3) is 3.06. The molecule has 0 spiro atoms. The number of rotatable bonds is 3. The summed E-state index contributed by atoms with van der Waals surface area (Å²) in [5, 5.41) is 19.0. The Bertz CT molecular complexity index is 1310. The van der Waals surface area contributed by atoms with Gasteiger partial charge < -0.3 is 15.0 Å². The molecule has 9 heteroatoms. The molecule has 0 aliphatic carbocycles. The summed E-state index contributed by atoms with van der Waals surface area (Å²) in [4.78, 5) is 19.8. The second-order valence-electron chi connectivity index (χ2n) is 7.07. The van der Waals surface area contributed by atoms with Crippen LogP contribution in [0.4, 0.5) is 11.5 Å². The number of aromatic nitrogens is 4. The van der Waals surface area contributed by atoms with Crippen LogP contribution in [0.2, 0.25) is 0 Å². The SMILES string of the molecule is Cc1nc2ccc(Nc3nn([C@H]4COCCC4C#N)c4cc[nH]c(=O)c34)cc2s1. The zero-order valence-corrected chi connectivity index (χ0v) is 16.5. The lowest BCUT2D eigenvalue weighted by molar-refractivity contribution is 0.0359. The first kappa shape index (κ1) is 17.8. The Morgan fingerprint density at radius 1 is 1.41 bits per heavy atom. The molecular formula is C20H18N6O2S. The summed E-state index contributed by atoms with van der Waals surface area (Å²) in [6.45, 7) is 2.94. The number of anilines is 2. The summed E-state index contributed by atoms with van der Waals surface area (Å²) >= 11 is 1.62. The van der Waals surface area contributed by atoms with Gasteiger partial charge in [0, 0.05) is 18.5 Å². The lowest BCUT2D eigenvalue weighted by Gasteiger charge is -2.27. The lowest BCUT2D eigenvalue weighted by Crippen LogP contribution is -2.30. The molecule has 3 aromatic heterocycles. The van der Waals surface area contributed by atoms with Crippen LogP contribution in [0.25, 0.3) is 21.1 Å². The van der Waals surface area contributed by atoms with E-state index in [4.69, 9.17) is 9.84 Å². The molecular weight excluding hydrogens is 388 g/mol. The predicted octanol–water partition coefficient (Wildman–Crippen LogP) is 3.49. The first-order chi connectivity index (χ1) is 14.1. The summed E-state index contributed by atoms with van der Waals surface area (Å²) in [5.74, 6) is 0.250. The van der Waals surface area contributed by atoms with Crippen LogP contribution in [-0.4, -0.2) is 33.0 Å². The van der Waals surface area contributed by atoms with Crippen LogP contribution in [0.1, 0.15) is 17.5 Å². The molecule has 2 atom stereocenters. The Morgan fingerprint density at radius 3 is 3.17 bits per heavy atom. The third-order valence-corrected chi connectivity index (χ3v) is 6.13. The van der Waals surface area contributed by atoms with Crippen molar-refractivity contribution in [3.63, 3.8) is 0 Å². The number of benzene rings is 1. The van der Waals surface area contributed by atoms with Crippen molar-refractivity contribution in [3.05, 3.63) is 45.8 Å². The van der Waals surface area contributed by atoms with E-state index in [2.05, 4.69) is 21.4 Å². The average molecular weight is 406 g/mol. The van der Waals surface area contributed by atoms with E-state index in [9.17, 15) is 10.1 Å². The monoisotopic (exact) mass is 406 g/mol. The maximum atomic E-state index is 12.6. The number of ether oxygens (including phenoxy) is 1. The summed E-state index contributed by atoms with van der Waals surface area (Å²) in [6.07, 6.45) is 2.25. The van der Waals surface area contributed by atoms with Crippen molar-refractivity contribution in [1.29, 1.82) is 5.26 Å². The van der Waals surface area contributed by atoms with Gasteiger partial charge in [-0.2, -0.15) is 10.4 Å². The highest BCUT2D eigenvalue weighted by atomic mass is 32.1. The van der Waals surface area contributed by atoms with Gasteiger partial charge in [0.25, 0.3) is 5.56 Å². The van der Waals surface area contributed by atoms with E-state index in [1.54, 1.807) is 22.2 Å². The van der Waals surface area contributed by atoms with E-state index >= 15 is 0 Å². The number of hydrogen-bond acceptors (Lipinski definition) is 7. The molecule has 1 aliphatic heterocycles. The summed E-state index contributed by atoms with van der Waals surface area (Å²) in [7, 11) is 0. The van der Waals surface area contributed by atoms with Gasteiger partial charge in [-0.25, -0.2) is 4.98 Å². The van der Waals surface area contributed by atoms with Gasteiger partial charge in [0.2, 0.25) is 0 Å². The Morgan fingerprint density at radius 2 is 2.31 bits per heavy atom. The minimum atomic E-state index is -0.236. The molecule has 146 valence electrons. The zero-order chi connectivity index (χ0) is 20.0. The number of hydrogen-bond donors (Lipinski definition) is 2. The molecule has 2 N–H and O–H groups in total. The topological polar surface area (TPSA) is 109 Å². The number of H-pyrrole nitrogens is 1. The highest BCUT2D eigenvalue weighted by molar-refractivity contribution is 7.18. The molecule has 29 heavy (non-hydrogen) atoms. The molecule has 5 rings (SSSR count). The van der Waals surface area contributed by atoms with E-state index in [1.807, 2.05) is 31.2 Å². The van der Waals surface area contributed by atoms with Gasteiger partial charge in [0.15, 0.2) is 5.82 Å². The fourth-order valence-electron chi connectivity index (χ4n) is 3.81. The van der Waals surface area contributed by atoms with Gasteiger partial charge >= 0.3 is 0 Å². The van der Waals surface area contributed by atoms with Gasteiger partial charge in [-0.3, -0.25) is 9.48 Å². The summed E-state index contributed by atoms with van der Waals surface area (Å²) in [5.41, 5.74) is 2.23. The van der Waals surface area contributed by atoms with Crippen molar-refractivity contribution in [3.8, 4) is 6.07 Å². The second kappa shape index (κ2) is 6.99. The van der Waals surface area contributed by atoms with Gasteiger partial charge in [0.1, 0.15) is 5.39 Å². The lowest BCUT2D eigenvalue weighted by atomic mass is 9.96. The van der Waals surface area contributed by atoms with Crippen molar-refractivity contribution in [2.45, 2.75) is 19.4 Å². The number of fused-ring (bicyclic) bond motifs is 2. The molecule has 0 amide bonds. The Balaban J connectivity index is 1.61. The third-order valence-electron chi connectivity index (χ3n) is 5.19. The van der Waals surface area contributed by atoms with Crippen LogP contribution in [0.3, 0.4) is 0 Å². The van der Waals surface area contributed by atoms with Crippen molar-refractivity contribution >= 4 is 44.0 Å². The van der Waals surface area contributed by atoms with Crippen molar-refractivity contribution < 1.29 is 4.74 Å². The number of nitrogens with zero attached hydrogens (tertiary/aromatic N) is 4. The fourth-order valence-corrected chi connectivity index (χ4v) is 4.68. The molecule has 1 unspecified atom stereocenters. The Labute approximate surface area is 169 Å². The molecule has 4 aromatic rings. The maximum Gasteiger partial charge on any atom is 0.261 e. The smallest absolute Gasteiger partial charge is 0.261 e. The van der Waals surface area contributed by atoms with Gasteiger partial charge in [0.05, 0.1) is 45.4 Å². The highest BCUT2D eigenvalue weighted by Crippen LogP contribution is 2.32. The van der Waals surface area contributed by atoms with Crippen LogP contribution in [0.5, 0.6) is 0 Å². The summed E-state index contributed by atoms with van der Waals surface area (Å²) in [6, 6.07) is 9.81. The Kier molecular flexibility index (Phi) is 4.30. The number of nitriles is 1. The molecule has 8 nitrogen and oxygen atoms in total. The molecule has 4 heterocycles. The molecule has 1 fully saturated rings. The molecule has 1 saturated heterocycles.